The molecule has 1 N–H and O–H groups in total. The van der Waals surface area contributed by atoms with Gasteiger partial charge >= 0.3 is 0 Å². The Morgan fingerprint density at radius 1 is 1.38 bits per heavy atom. The van der Waals surface area contributed by atoms with Gasteiger partial charge in [-0.2, -0.15) is 0 Å². The fourth-order valence-corrected chi connectivity index (χ4v) is 3.96. The number of hydrogen-bond donors (Lipinski definition) is 1. The highest BCUT2D eigenvalue weighted by Crippen LogP contribution is 2.33. The van der Waals surface area contributed by atoms with Crippen LogP contribution in [0.3, 0.4) is 0 Å². The number of aliphatic hydroxyl groups excluding tert-OH is 1. The van der Waals surface area contributed by atoms with E-state index in [1.54, 1.807) is 11.3 Å². The van der Waals surface area contributed by atoms with Gasteiger partial charge in [-0.3, -0.25) is 9.69 Å². The molecule has 1 atom stereocenters. The van der Waals surface area contributed by atoms with Gasteiger partial charge in [-0.15, -0.1) is 11.3 Å². The minimum Gasteiger partial charge on any atom is -0.395 e. The summed E-state index contributed by atoms with van der Waals surface area (Å²) in [5.41, 5.74) is 1.21. The maximum atomic E-state index is 12.4. The number of nitrogens with zero attached hydrogens (tertiary/aromatic N) is 2. The van der Waals surface area contributed by atoms with Gasteiger partial charge in [-0.25, -0.2) is 0 Å². The van der Waals surface area contributed by atoms with Crippen LogP contribution in [-0.2, 0) is 16.0 Å². The topological polar surface area (TPSA) is 53.0 Å². The van der Waals surface area contributed by atoms with E-state index in [1.165, 1.54) is 10.4 Å². The van der Waals surface area contributed by atoms with Gasteiger partial charge in [0.2, 0.25) is 5.91 Å². The molecule has 0 aliphatic carbocycles. The number of ether oxygens (including phenoxy) is 1. The average Bonchev–Trinajstić information content (AvgIpc) is 2.98. The number of thiophene rings is 1. The molecule has 1 aromatic heterocycles. The van der Waals surface area contributed by atoms with Gasteiger partial charge in [-0.1, -0.05) is 0 Å². The number of hydrogen-bond acceptors (Lipinski definition) is 5. The molecule has 3 rings (SSSR count). The van der Waals surface area contributed by atoms with Crippen molar-refractivity contribution in [3.8, 4) is 0 Å². The van der Waals surface area contributed by atoms with Gasteiger partial charge in [-0.05, 0) is 17.0 Å². The minimum absolute atomic E-state index is 0.0667. The van der Waals surface area contributed by atoms with Crippen LogP contribution < -0.4 is 0 Å². The van der Waals surface area contributed by atoms with E-state index in [-0.39, 0.29) is 18.6 Å². The Morgan fingerprint density at radius 2 is 2.19 bits per heavy atom. The highest BCUT2D eigenvalue weighted by Gasteiger charge is 2.28. The van der Waals surface area contributed by atoms with Gasteiger partial charge in [0.05, 0.1) is 25.7 Å². The van der Waals surface area contributed by atoms with Gasteiger partial charge in [0.25, 0.3) is 0 Å². The van der Waals surface area contributed by atoms with Gasteiger partial charge in [0, 0.05) is 44.0 Å². The summed E-state index contributed by atoms with van der Waals surface area (Å²) >= 11 is 1.76. The number of piperazine rings is 1. The van der Waals surface area contributed by atoms with Crippen LogP contribution in [-0.4, -0.2) is 66.8 Å². The van der Waals surface area contributed by atoms with Crippen LogP contribution in [0.25, 0.3) is 0 Å². The van der Waals surface area contributed by atoms with Crippen molar-refractivity contribution in [2.24, 2.45) is 0 Å². The van der Waals surface area contributed by atoms with Crippen molar-refractivity contribution in [2.75, 3.05) is 45.9 Å². The van der Waals surface area contributed by atoms with Crippen LogP contribution in [0, 0.1) is 0 Å². The zero-order valence-corrected chi connectivity index (χ0v) is 13.0. The number of carbonyl (C=O) groups is 1. The molecule has 1 amide bonds. The molecular weight excluding hydrogens is 288 g/mol. The zero-order chi connectivity index (χ0) is 14.7. The van der Waals surface area contributed by atoms with E-state index in [4.69, 9.17) is 9.84 Å². The fourth-order valence-electron chi connectivity index (χ4n) is 3.04. The Bertz CT molecular complexity index is 483. The van der Waals surface area contributed by atoms with E-state index < -0.39 is 0 Å². The predicted octanol–water partition coefficient (Wildman–Crippen LogP) is 0.889. The van der Waals surface area contributed by atoms with E-state index in [2.05, 4.69) is 16.3 Å². The predicted molar refractivity (Wildman–Crippen MR) is 81.4 cm³/mol. The average molecular weight is 310 g/mol. The number of carbonyl (C=O) groups excluding carboxylic acids is 1. The number of aliphatic hydroxyl groups is 1. The molecule has 21 heavy (non-hydrogen) atoms. The van der Waals surface area contributed by atoms with Crippen molar-refractivity contribution in [1.82, 2.24) is 9.80 Å². The molecule has 2 aliphatic heterocycles. The quantitative estimate of drug-likeness (QED) is 0.897. The van der Waals surface area contributed by atoms with Gasteiger partial charge in [0.15, 0.2) is 0 Å². The molecule has 5 nitrogen and oxygen atoms in total. The summed E-state index contributed by atoms with van der Waals surface area (Å²) in [5.74, 6) is 0.183. The lowest BCUT2D eigenvalue weighted by Gasteiger charge is -2.35. The fraction of sp³-hybridized carbons (Fsp3) is 0.667. The Hall–Kier alpha value is -0.950. The highest BCUT2D eigenvalue weighted by molar-refractivity contribution is 7.10. The first-order chi connectivity index (χ1) is 10.3. The lowest BCUT2D eigenvalue weighted by Crippen LogP contribution is -2.49. The van der Waals surface area contributed by atoms with E-state index in [0.29, 0.717) is 13.0 Å². The van der Waals surface area contributed by atoms with Crippen LogP contribution in [0.4, 0.5) is 0 Å². The first kappa shape index (κ1) is 15.0. The number of fused-ring (bicyclic) bond motifs is 1. The molecule has 1 saturated heterocycles. The Kier molecular flexibility index (Phi) is 4.90. The third-order valence-electron chi connectivity index (χ3n) is 4.28. The van der Waals surface area contributed by atoms with E-state index in [0.717, 1.165) is 39.2 Å². The van der Waals surface area contributed by atoms with Crippen molar-refractivity contribution >= 4 is 17.2 Å². The standard InChI is InChI=1S/C15H22N2O3S/c18-8-7-16-3-5-17(6-4-16)15(19)11-13-12-2-10-21-14(12)1-9-20-13/h2,10,13,18H,1,3-9,11H2/t13-/m0/s1. The Labute approximate surface area is 129 Å². The van der Waals surface area contributed by atoms with Crippen LogP contribution in [0.2, 0.25) is 0 Å². The zero-order valence-electron chi connectivity index (χ0n) is 12.2. The summed E-state index contributed by atoms with van der Waals surface area (Å²) in [4.78, 5) is 17.9. The van der Waals surface area contributed by atoms with Crippen LogP contribution in [0.1, 0.15) is 23.0 Å². The lowest BCUT2D eigenvalue weighted by atomic mass is 10.0. The molecule has 0 spiro atoms. The Morgan fingerprint density at radius 3 is 2.95 bits per heavy atom. The van der Waals surface area contributed by atoms with Crippen molar-refractivity contribution in [1.29, 1.82) is 0 Å². The molecule has 6 heteroatoms. The molecule has 0 saturated carbocycles. The van der Waals surface area contributed by atoms with Crippen molar-refractivity contribution in [2.45, 2.75) is 18.9 Å². The summed E-state index contributed by atoms with van der Waals surface area (Å²) in [6, 6.07) is 2.09. The monoisotopic (exact) mass is 310 g/mol. The summed E-state index contributed by atoms with van der Waals surface area (Å²) in [6.45, 7) is 4.81. The van der Waals surface area contributed by atoms with Gasteiger partial charge < -0.3 is 14.7 Å². The molecule has 116 valence electrons. The first-order valence-electron chi connectivity index (χ1n) is 7.57. The first-order valence-corrected chi connectivity index (χ1v) is 8.44. The number of β-amino-alcohol motifs (C(OH)–C–C–N with tert-alkyl or cyclic N) is 1. The second-order valence-electron chi connectivity index (χ2n) is 5.56. The van der Waals surface area contributed by atoms with Crippen molar-refractivity contribution < 1.29 is 14.6 Å². The normalized spacial score (nSPS) is 23.1. The molecule has 2 aliphatic rings. The molecule has 0 bridgehead atoms. The number of amides is 1. The van der Waals surface area contributed by atoms with Crippen molar-refractivity contribution in [3.05, 3.63) is 21.9 Å². The molecule has 3 heterocycles. The van der Waals surface area contributed by atoms with E-state index in [1.807, 2.05) is 4.90 Å². The highest BCUT2D eigenvalue weighted by atomic mass is 32.1. The lowest BCUT2D eigenvalue weighted by molar-refractivity contribution is -0.136. The van der Waals surface area contributed by atoms with Gasteiger partial charge in [0.1, 0.15) is 0 Å². The summed E-state index contributed by atoms with van der Waals surface area (Å²) in [6.07, 6.45) is 1.35. The molecule has 0 unspecified atom stereocenters. The molecule has 0 aromatic carbocycles. The van der Waals surface area contributed by atoms with E-state index >= 15 is 0 Å². The van der Waals surface area contributed by atoms with Crippen LogP contribution in [0.15, 0.2) is 11.4 Å². The van der Waals surface area contributed by atoms with Crippen LogP contribution in [0.5, 0.6) is 0 Å². The van der Waals surface area contributed by atoms with Crippen LogP contribution >= 0.6 is 11.3 Å². The smallest absolute Gasteiger partial charge is 0.225 e. The number of rotatable bonds is 4. The summed E-state index contributed by atoms with van der Waals surface area (Å²) < 4.78 is 5.80. The Balaban J connectivity index is 1.54. The molecule has 1 fully saturated rings. The molecule has 0 radical (unpaired) electrons. The third-order valence-corrected chi connectivity index (χ3v) is 5.27. The SMILES string of the molecule is O=C(C[C@@H]1OCCc2sccc21)N1CCN(CCO)CC1. The molecular formula is C15H22N2O3S. The molecule has 1 aromatic rings. The minimum atomic E-state index is -0.0667. The summed E-state index contributed by atoms with van der Waals surface area (Å²) in [5, 5.41) is 11.0. The largest absolute Gasteiger partial charge is 0.395 e. The maximum Gasteiger partial charge on any atom is 0.225 e. The van der Waals surface area contributed by atoms with Crippen molar-refractivity contribution in [3.63, 3.8) is 0 Å². The van der Waals surface area contributed by atoms with E-state index in [9.17, 15) is 4.79 Å². The summed E-state index contributed by atoms with van der Waals surface area (Å²) in [7, 11) is 0. The second-order valence-corrected chi connectivity index (χ2v) is 6.56. The maximum absolute atomic E-state index is 12.4. The second kappa shape index (κ2) is 6.87. The third kappa shape index (κ3) is 3.45.